The molecule has 2 aromatic carbocycles. The average molecular weight is 504 g/mol. The van der Waals surface area contributed by atoms with Crippen LogP contribution in [0.4, 0.5) is 5.69 Å². The van der Waals surface area contributed by atoms with Gasteiger partial charge in [-0.05, 0) is 75.2 Å². The molecule has 0 amide bonds. The van der Waals surface area contributed by atoms with Crippen LogP contribution in [0.15, 0.2) is 64.6 Å². The number of hydrogen-bond acceptors (Lipinski definition) is 6. The van der Waals surface area contributed by atoms with Crippen LogP contribution in [-0.2, 0) is 0 Å². The molecule has 198 valence electrons. The summed E-state index contributed by atoms with van der Waals surface area (Å²) in [6, 6.07) is 18.7. The van der Waals surface area contributed by atoms with Gasteiger partial charge in [-0.3, -0.25) is 25.8 Å². The smallest absolute Gasteiger partial charge is 0.208 e. The highest BCUT2D eigenvalue weighted by atomic mass is 16.5. The standard InChI is InChI=1S/C29H41N7O/c1-2-35-20-10-13-24(35)21-31-29-34-28(32-22-11-6-3-4-7-12-22)33-27(30)36(29)23-16-18-26(19-17-23)37-25-14-8-5-9-15-25/h5,8-9,14-19,22,24,27H,2-4,6-7,10-13,20-21,30H2,1H3,(H2,31,32,33,34). The molecule has 2 aromatic rings. The van der Waals surface area contributed by atoms with Gasteiger partial charge >= 0.3 is 0 Å². The van der Waals surface area contributed by atoms with Gasteiger partial charge in [-0.15, -0.1) is 0 Å². The maximum Gasteiger partial charge on any atom is 0.208 e. The van der Waals surface area contributed by atoms with Gasteiger partial charge in [-0.2, -0.15) is 0 Å². The van der Waals surface area contributed by atoms with Crippen molar-refractivity contribution < 1.29 is 4.74 Å². The molecular formula is C29H41N7O. The summed E-state index contributed by atoms with van der Waals surface area (Å²) >= 11 is 0. The number of rotatable bonds is 7. The third-order valence-electron chi connectivity index (χ3n) is 7.63. The van der Waals surface area contributed by atoms with Gasteiger partial charge in [0.1, 0.15) is 11.5 Å². The second-order valence-corrected chi connectivity index (χ2v) is 10.2. The number of anilines is 1. The van der Waals surface area contributed by atoms with Crippen molar-refractivity contribution in [2.75, 3.05) is 24.5 Å². The number of benzene rings is 2. The summed E-state index contributed by atoms with van der Waals surface area (Å²) < 4.78 is 5.99. The van der Waals surface area contributed by atoms with Crippen molar-refractivity contribution >= 4 is 17.6 Å². The van der Waals surface area contributed by atoms with Crippen molar-refractivity contribution in [1.29, 1.82) is 0 Å². The Balaban J connectivity index is 1.35. The summed E-state index contributed by atoms with van der Waals surface area (Å²) in [4.78, 5) is 14.4. The van der Waals surface area contributed by atoms with Crippen LogP contribution in [-0.4, -0.2) is 54.8 Å². The maximum atomic E-state index is 6.66. The van der Waals surface area contributed by atoms with Crippen molar-refractivity contribution in [3.8, 4) is 11.5 Å². The average Bonchev–Trinajstić information content (AvgIpc) is 3.23. The number of nitrogens with two attached hydrogens (primary N) is 1. The minimum absolute atomic E-state index is 0.425. The first-order valence-electron chi connectivity index (χ1n) is 14.0. The summed E-state index contributed by atoms with van der Waals surface area (Å²) in [7, 11) is 0. The molecule has 2 atom stereocenters. The third-order valence-corrected chi connectivity index (χ3v) is 7.63. The summed E-state index contributed by atoms with van der Waals surface area (Å²) in [6.45, 7) is 5.19. The number of hydrogen-bond donors (Lipinski definition) is 3. The zero-order valence-corrected chi connectivity index (χ0v) is 22.0. The van der Waals surface area contributed by atoms with E-state index in [9.17, 15) is 0 Å². The predicted molar refractivity (Wildman–Crippen MR) is 151 cm³/mol. The molecular weight excluding hydrogens is 462 g/mol. The number of para-hydroxylation sites is 1. The molecule has 8 nitrogen and oxygen atoms in total. The Morgan fingerprint density at radius 3 is 2.43 bits per heavy atom. The van der Waals surface area contributed by atoms with E-state index in [0.29, 0.717) is 12.1 Å². The third kappa shape index (κ3) is 6.62. The number of ether oxygens (including phenoxy) is 1. The summed E-state index contributed by atoms with van der Waals surface area (Å²) in [5.41, 5.74) is 7.59. The summed E-state index contributed by atoms with van der Waals surface area (Å²) in [5, 5.41) is 7.13. The lowest BCUT2D eigenvalue weighted by molar-refractivity contribution is 0.273. The topological polar surface area (TPSA) is 90.5 Å². The molecule has 0 aromatic heterocycles. The molecule has 1 aliphatic carbocycles. The molecule has 2 aliphatic heterocycles. The van der Waals surface area contributed by atoms with Crippen LogP contribution >= 0.6 is 0 Å². The van der Waals surface area contributed by atoms with E-state index in [-0.39, 0.29) is 0 Å². The summed E-state index contributed by atoms with van der Waals surface area (Å²) in [5.74, 6) is 3.07. The predicted octanol–water partition coefficient (Wildman–Crippen LogP) is 4.64. The van der Waals surface area contributed by atoms with E-state index in [1.807, 2.05) is 59.5 Å². The molecule has 1 saturated carbocycles. The second-order valence-electron chi connectivity index (χ2n) is 10.2. The van der Waals surface area contributed by atoms with Gasteiger partial charge in [0, 0.05) is 17.8 Å². The van der Waals surface area contributed by atoms with E-state index < -0.39 is 6.29 Å². The number of likely N-dealkylation sites (N-methyl/N-ethyl adjacent to an activating group) is 1. The Bertz CT molecular complexity index is 1050. The van der Waals surface area contributed by atoms with E-state index in [0.717, 1.165) is 48.7 Å². The Morgan fingerprint density at radius 1 is 0.973 bits per heavy atom. The molecule has 4 N–H and O–H groups in total. The van der Waals surface area contributed by atoms with E-state index >= 15 is 0 Å². The second kappa shape index (κ2) is 12.4. The van der Waals surface area contributed by atoms with Gasteiger partial charge in [-0.25, -0.2) is 4.99 Å². The zero-order chi connectivity index (χ0) is 25.5. The number of aliphatic imine (C=N–C) groups is 2. The molecule has 1 saturated heterocycles. The van der Waals surface area contributed by atoms with Crippen molar-refractivity contribution in [3.05, 3.63) is 54.6 Å². The Labute approximate surface area is 221 Å². The van der Waals surface area contributed by atoms with Gasteiger partial charge in [0.2, 0.25) is 11.9 Å². The van der Waals surface area contributed by atoms with Crippen LogP contribution < -0.4 is 26.0 Å². The first-order valence-corrected chi connectivity index (χ1v) is 14.0. The molecule has 0 radical (unpaired) electrons. The molecule has 2 unspecified atom stereocenters. The first kappa shape index (κ1) is 25.5. The molecule has 8 heteroatoms. The van der Waals surface area contributed by atoms with Crippen molar-refractivity contribution in [3.63, 3.8) is 0 Å². The van der Waals surface area contributed by atoms with E-state index in [1.165, 1.54) is 51.4 Å². The molecule has 3 aliphatic rings. The summed E-state index contributed by atoms with van der Waals surface area (Å²) in [6.07, 6.45) is 9.34. The molecule has 0 bridgehead atoms. The lowest BCUT2D eigenvalue weighted by Gasteiger charge is -2.36. The lowest BCUT2D eigenvalue weighted by atomic mass is 10.1. The van der Waals surface area contributed by atoms with E-state index in [2.05, 4.69) is 22.5 Å². The number of nitrogens with zero attached hydrogens (tertiary/aromatic N) is 4. The Morgan fingerprint density at radius 2 is 1.70 bits per heavy atom. The lowest BCUT2D eigenvalue weighted by Crippen LogP contribution is -2.61. The van der Waals surface area contributed by atoms with Gasteiger partial charge in [-0.1, -0.05) is 50.8 Å². The van der Waals surface area contributed by atoms with Gasteiger partial charge in [0.15, 0.2) is 6.29 Å². The zero-order valence-electron chi connectivity index (χ0n) is 22.0. The molecule has 0 spiro atoms. The van der Waals surface area contributed by atoms with Gasteiger partial charge in [0.05, 0.1) is 6.54 Å². The van der Waals surface area contributed by atoms with Crippen molar-refractivity contribution in [2.24, 2.45) is 15.7 Å². The number of guanidine groups is 2. The van der Waals surface area contributed by atoms with Crippen LogP contribution in [0.3, 0.4) is 0 Å². The van der Waals surface area contributed by atoms with Crippen LogP contribution in [0.25, 0.3) is 0 Å². The monoisotopic (exact) mass is 503 g/mol. The Hall–Kier alpha value is -3.10. The van der Waals surface area contributed by atoms with Crippen LogP contribution in [0, 0.1) is 0 Å². The van der Waals surface area contributed by atoms with Crippen LogP contribution in [0.2, 0.25) is 0 Å². The minimum Gasteiger partial charge on any atom is -0.457 e. The van der Waals surface area contributed by atoms with Crippen LogP contribution in [0.5, 0.6) is 11.5 Å². The molecule has 37 heavy (non-hydrogen) atoms. The highest BCUT2D eigenvalue weighted by Gasteiger charge is 2.29. The SMILES string of the molecule is CCN1CCCC1CN=C1NC(NC2CCCCCC2)=NC(N)N1c1ccc(Oc2ccccc2)cc1. The van der Waals surface area contributed by atoms with E-state index in [4.69, 9.17) is 20.5 Å². The van der Waals surface area contributed by atoms with Crippen molar-refractivity contribution in [2.45, 2.75) is 76.7 Å². The number of nitrogens with one attached hydrogen (secondary N) is 2. The Kier molecular flexibility index (Phi) is 8.58. The van der Waals surface area contributed by atoms with Gasteiger partial charge < -0.3 is 10.1 Å². The van der Waals surface area contributed by atoms with Crippen molar-refractivity contribution in [1.82, 2.24) is 15.5 Å². The quantitative estimate of drug-likeness (QED) is 0.477. The minimum atomic E-state index is -0.569. The number of likely N-dealkylation sites (tertiary alicyclic amines) is 1. The van der Waals surface area contributed by atoms with Crippen LogP contribution in [0.1, 0.15) is 58.3 Å². The van der Waals surface area contributed by atoms with Gasteiger partial charge in [0.25, 0.3) is 0 Å². The molecule has 5 rings (SSSR count). The fourth-order valence-electron chi connectivity index (χ4n) is 5.60. The largest absolute Gasteiger partial charge is 0.457 e. The maximum absolute atomic E-state index is 6.66. The fourth-order valence-corrected chi connectivity index (χ4v) is 5.60. The highest BCUT2D eigenvalue weighted by Crippen LogP contribution is 2.26. The highest BCUT2D eigenvalue weighted by molar-refractivity contribution is 6.09. The molecule has 2 fully saturated rings. The molecule has 2 heterocycles. The fraction of sp³-hybridized carbons (Fsp3) is 0.517. The first-order chi connectivity index (χ1) is 18.2. The van der Waals surface area contributed by atoms with E-state index in [1.54, 1.807) is 0 Å². The normalized spacial score (nSPS) is 24.4.